The second-order valence-corrected chi connectivity index (χ2v) is 6.97. The topological polar surface area (TPSA) is 9.23 Å². The predicted octanol–water partition coefficient (Wildman–Crippen LogP) is 6.00. The number of hydrogen-bond acceptors (Lipinski definition) is 1. The summed E-state index contributed by atoms with van der Waals surface area (Å²) in [5, 5.41) is 1.22. The molecule has 0 saturated heterocycles. The molecule has 1 nitrogen and oxygen atoms in total. The molecule has 2 aromatic rings. The lowest BCUT2D eigenvalue weighted by Gasteiger charge is -2.26. The van der Waals surface area contributed by atoms with Crippen LogP contribution in [0.2, 0.25) is 10.0 Å². The minimum Gasteiger partial charge on any atom is -0.373 e. The van der Waals surface area contributed by atoms with Crippen LogP contribution < -0.4 is 0 Å². The standard InChI is InChI=1S/C17H15BrCl2O/c18-13-3-4-14-12(10-13)7-8-21-17(14)6-2-11-1-5-15(19)16(20)9-11/h1,3-5,9-10,17H,2,6-8H2. The van der Waals surface area contributed by atoms with Crippen LogP contribution in [0.3, 0.4) is 0 Å². The Hall–Kier alpha value is -0.540. The Balaban J connectivity index is 1.73. The van der Waals surface area contributed by atoms with Gasteiger partial charge in [0.15, 0.2) is 0 Å². The zero-order valence-electron chi connectivity index (χ0n) is 11.4. The lowest BCUT2D eigenvalue weighted by Crippen LogP contribution is -2.17. The van der Waals surface area contributed by atoms with Crippen molar-refractivity contribution in [3.05, 3.63) is 67.6 Å². The molecule has 1 unspecified atom stereocenters. The van der Waals surface area contributed by atoms with Gasteiger partial charge in [-0.1, -0.05) is 51.3 Å². The van der Waals surface area contributed by atoms with E-state index >= 15 is 0 Å². The van der Waals surface area contributed by atoms with Gasteiger partial charge in [0.1, 0.15) is 0 Å². The highest BCUT2D eigenvalue weighted by Crippen LogP contribution is 2.33. The fraction of sp³-hybridized carbons (Fsp3) is 0.294. The van der Waals surface area contributed by atoms with Crippen molar-refractivity contribution >= 4 is 39.1 Å². The van der Waals surface area contributed by atoms with Gasteiger partial charge in [0.25, 0.3) is 0 Å². The zero-order chi connectivity index (χ0) is 14.8. The summed E-state index contributed by atoms with van der Waals surface area (Å²) in [5.41, 5.74) is 3.89. The molecule has 0 saturated carbocycles. The molecule has 0 spiro atoms. The molecule has 1 aliphatic heterocycles. The number of aryl methyl sites for hydroxylation is 1. The maximum atomic E-state index is 6.07. The highest BCUT2D eigenvalue weighted by Gasteiger charge is 2.20. The molecular weight excluding hydrogens is 371 g/mol. The van der Waals surface area contributed by atoms with E-state index < -0.39 is 0 Å². The van der Waals surface area contributed by atoms with E-state index in [2.05, 4.69) is 34.1 Å². The molecular formula is C17H15BrCl2O. The minimum absolute atomic E-state index is 0.163. The van der Waals surface area contributed by atoms with Gasteiger partial charge in [0.2, 0.25) is 0 Å². The van der Waals surface area contributed by atoms with Gasteiger partial charge in [0, 0.05) is 4.47 Å². The van der Waals surface area contributed by atoms with E-state index in [0.29, 0.717) is 10.0 Å². The van der Waals surface area contributed by atoms with E-state index in [4.69, 9.17) is 27.9 Å². The molecule has 0 radical (unpaired) electrons. The van der Waals surface area contributed by atoms with E-state index in [-0.39, 0.29) is 6.10 Å². The molecule has 0 aliphatic carbocycles. The highest BCUT2D eigenvalue weighted by atomic mass is 79.9. The summed E-state index contributed by atoms with van der Waals surface area (Å²) < 4.78 is 7.08. The van der Waals surface area contributed by atoms with Crippen LogP contribution in [0, 0.1) is 0 Å². The van der Waals surface area contributed by atoms with Crippen LogP contribution in [0.25, 0.3) is 0 Å². The summed E-state index contributed by atoms with van der Waals surface area (Å²) in [6, 6.07) is 12.3. The maximum Gasteiger partial charge on any atom is 0.0830 e. The van der Waals surface area contributed by atoms with Crippen molar-refractivity contribution < 1.29 is 4.74 Å². The van der Waals surface area contributed by atoms with Gasteiger partial charge in [-0.15, -0.1) is 0 Å². The third-order valence-corrected chi connectivity index (χ3v) is 5.05. The van der Waals surface area contributed by atoms with Crippen LogP contribution in [0.1, 0.15) is 29.2 Å². The van der Waals surface area contributed by atoms with Crippen LogP contribution in [-0.2, 0) is 17.6 Å². The van der Waals surface area contributed by atoms with Crippen molar-refractivity contribution in [1.29, 1.82) is 0 Å². The Morgan fingerprint density at radius 3 is 2.76 bits per heavy atom. The Morgan fingerprint density at radius 2 is 1.95 bits per heavy atom. The Bertz CT molecular complexity index is 657. The first-order valence-corrected chi connectivity index (χ1v) is 8.52. The molecule has 0 bridgehead atoms. The molecule has 0 N–H and O–H groups in total. The van der Waals surface area contributed by atoms with Crippen LogP contribution in [-0.4, -0.2) is 6.61 Å². The van der Waals surface area contributed by atoms with Crippen molar-refractivity contribution in [2.75, 3.05) is 6.61 Å². The van der Waals surface area contributed by atoms with Crippen LogP contribution in [0.4, 0.5) is 0 Å². The minimum atomic E-state index is 0.163. The second kappa shape index (κ2) is 6.70. The molecule has 2 aromatic carbocycles. The van der Waals surface area contributed by atoms with Gasteiger partial charge in [-0.25, -0.2) is 0 Å². The summed E-state index contributed by atoms with van der Waals surface area (Å²) in [4.78, 5) is 0. The first kappa shape index (κ1) is 15.4. The molecule has 0 fully saturated rings. The lowest BCUT2D eigenvalue weighted by molar-refractivity contribution is 0.0368. The van der Waals surface area contributed by atoms with E-state index in [1.807, 2.05) is 18.2 Å². The summed E-state index contributed by atoms with van der Waals surface area (Å²) in [5.74, 6) is 0. The fourth-order valence-corrected chi connectivity index (χ4v) is 3.47. The molecule has 21 heavy (non-hydrogen) atoms. The monoisotopic (exact) mass is 384 g/mol. The molecule has 1 atom stereocenters. The number of hydrogen-bond donors (Lipinski definition) is 0. The van der Waals surface area contributed by atoms with E-state index in [1.165, 1.54) is 16.7 Å². The molecule has 3 rings (SSSR count). The van der Waals surface area contributed by atoms with Crippen molar-refractivity contribution in [3.8, 4) is 0 Å². The third-order valence-electron chi connectivity index (χ3n) is 3.82. The maximum absolute atomic E-state index is 6.07. The highest BCUT2D eigenvalue weighted by molar-refractivity contribution is 9.10. The third kappa shape index (κ3) is 3.62. The van der Waals surface area contributed by atoms with Crippen molar-refractivity contribution in [1.82, 2.24) is 0 Å². The smallest absolute Gasteiger partial charge is 0.0830 e. The summed E-state index contributed by atoms with van der Waals surface area (Å²) >= 11 is 15.5. The lowest BCUT2D eigenvalue weighted by atomic mass is 9.94. The summed E-state index contributed by atoms with van der Waals surface area (Å²) in [6.07, 6.45) is 3.03. The average molecular weight is 386 g/mol. The van der Waals surface area contributed by atoms with Gasteiger partial charge >= 0.3 is 0 Å². The summed E-state index contributed by atoms with van der Waals surface area (Å²) in [7, 11) is 0. The quantitative estimate of drug-likeness (QED) is 0.629. The van der Waals surface area contributed by atoms with Crippen LogP contribution in [0.15, 0.2) is 40.9 Å². The molecule has 0 amide bonds. The van der Waals surface area contributed by atoms with Crippen molar-refractivity contribution in [2.45, 2.75) is 25.4 Å². The predicted molar refractivity (Wildman–Crippen MR) is 91.3 cm³/mol. The molecule has 0 aromatic heterocycles. The zero-order valence-corrected chi connectivity index (χ0v) is 14.5. The van der Waals surface area contributed by atoms with Gasteiger partial charge in [0.05, 0.1) is 22.8 Å². The number of halogens is 3. The van der Waals surface area contributed by atoms with Gasteiger partial charge in [-0.3, -0.25) is 0 Å². The van der Waals surface area contributed by atoms with Crippen LogP contribution in [0.5, 0.6) is 0 Å². The Labute approximate surface area is 143 Å². The molecule has 4 heteroatoms. The molecule has 1 aliphatic rings. The normalized spacial score (nSPS) is 17.6. The number of rotatable bonds is 3. The van der Waals surface area contributed by atoms with E-state index in [0.717, 1.165) is 30.3 Å². The first-order valence-electron chi connectivity index (χ1n) is 6.97. The first-order chi connectivity index (χ1) is 10.1. The van der Waals surface area contributed by atoms with Crippen molar-refractivity contribution in [2.24, 2.45) is 0 Å². The summed E-state index contributed by atoms with van der Waals surface area (Å²) in [6.45, 7) is 0.787. The fourth-order valence-electron chi connectivity index (χ4n) is 2.74. The molecule has 1 heterocycles. The van der Waals surface area contributed by atoms with Gasteiger partial charge in [-0.05, 0) is 60.2 Å². The van der Waals surface area contributed by atoms with E-state index in [1.54, 1.807) is 0 Å². The second-order valence-electron chi connectivity index (χ2n) is 5.24. The van der Waals surface area contributed by atoms with Crippen LogP contribution >= 0.6 is 39.1 Å². The SMILES string of the molecule is Clc1ccc(CCC2OCCc3cc(Br)ccc32)cc1Cl. The Morgan fingerprint density at radius 1 is 1.10 bits per heavy atom. The average Bonchev–Trinajstić information content (AvgIpc) is 2.48. The van der Waals surface area contributed by atoms with Crippen molar-refractivity contribution in [3.63, 3.8) is 0 Å². The Kier molecular flexibility index (Phi) is 4.90. The molecule has 110 valence electrons. The number of benzene rings is 2. The largest absolute Gasteiger partial charge is 0.373 e. The van der Waals surface area contributed by atoms with Gasteiger partial charge < -0.3 is 4.74 Å². The number of ether oxygens (including phenoxy) is 1. The van der Waals surface area contributed by atoms with E-state index in [9.17, 15) is 0 Å². The van der Waals surface area contributed by atoms with Gasteiger partial charge in [-0.2, -0.15) is 0 Å². The number of fused-ring (bicyclic) bond motifs is 1.